The number of thiazole rings is 1. The molecule has 7 nitrogen and oxygen atoms in total. The quantitative estimate of drug-likeness (QED) is 0.322. The first-order valence-electron chi connectivity index (χ1n) is 12.8. The van der Waals surface area contributed by atoms with Gasteiger partial charge >= 0.3 is 0 Å². The van der Waals surface area contributed by atoms with Crippen LogP contribution in [0.1, 0.15) is 86.2 Å². The lowest BCUT2D eigenvalue weighted by Gasteiger charge is -2.35. The number of unbranched alkanes of at least 4 members (excludes halogenated alkanes) is 4. The Morgan fingerprint density at radius 3 is 2.53 bits per heavy atom. The molecule has 4 rings (SSSR count). The van der Waals surface area contributed by atoms with Crippen molar-refractivity contribution in [2.75, 3.05) is 0 Å². The van der Waals surface area contributed by atoms with E-state index in [1.807, 2.05) is 44.3 Å². The average Bonchev–Trinajstić information content (AvgIpc) is 3.58. The highest BCUT2D eigenvalue weighted by Crippen LogP contribution is 2.40. The van der Waals surface area contributed by atoms with Gasteiger partial charge in [-0.25, -0.2) is 18.1 Å². The molecule has 0 spiro atoms. The van der Waals surface area contributed by atoms with Crippen molar-refractivity contribution in [3.8, 4) is 0 Å². The molecule has 1 atom stereocenters. The summed E-state index contributed by atoms with van der Waals surface area (Å²) in [6.07, 6.45) is 10.2. The maximum atomic E-state index is 13.4. The Morgan fingerprint density at radius 2 is 1.86 bits per heavy atom. The Balaban J connectivity index is 1.62. The number of hydrogen-bond acceptors (Lipinski definition) is 6. The van der Waals surface area contributed by atoms with Crippen LogP contribution < -0.4 is 10.0 Å². The number of carbonyl (C=O) groups is 2. The van der Waals surface area contributed by atoms with E-state index in [4.69, 9.17) is 0 Å². The number of aromatic nitrogens is 1. The fourth-order valence-electron chi connectivity index (χ4n) is 4.53. The second kappa shape index (κ2) is 10.8. The Bertz CT molecular complexity index is 1260. The monoisotopic (exact) mass is 529 g/mol. The number of aryl methyl sites for hydroxylation is 2. The van der Waals surface area contributed by atoms with E-state index in [1.54, 1.807) is 11.3 Å². The average molecular weight is 530 g/mol. The SMILES string of the molecule is CCCCCCCc1cnc([C@@]2(C)CC(c3ccc(C)cc3)=C(C(=O)NS(=O)(=O)C3CC3)C(=O)N2)s1. The number of benzene rings is 1. The van der Waals surface area contributed by atoms with Gasteiger partial charge in [-0.1, -0.05) is 62.4 Å². The molecule has 194 valence electrons. The zero-order valence-electron chi connectivity index (χ0n) is 21.2. The largest absolute Gasteiger partial charge is 0.340 e. The van der Waals surface area contributed by atoms with E-state index in [2.05, 4.69) is 21.9 Å². The molecule has 0 saturated heterocycles. The van der Waals surface area contributed by atoms with Gasteiger partial charge in [0.1, 0.15) is 10.6 Å². The van der Waals surface area contributed by atoms with Crippen LogP contribution in [0.5, 0.6) is 0 Å². The van der Waals surface area contributed by atoms with E-state index in [1.165, 1.54) is 30.6 Å². The topological polar surface area (TPSA) is 105 Å². The van der Waals surface area contributed by atoms with E-state index < -0.39 is 32.6 Å². The van der Waals surface area contributed by atoms with E-state index >= 15 is 0 Å². The molecule has 2 N–H and O–H groups in total. The summed E-state index contributed by atoms with van der Waals surface area (Å²) in [6.45, 7) is 6.08. The van der Waals surface area contributed by atoms with Crippen LogP contribution in [0, 0.1) is 6.92 Å². The number of rotatable bonds is 11. The lowest BCUT2D eigenvalue weighted by Crippen LogP contribution is -2.50. The van der Waals surface area contributed by atoms with Crippen LogP contribution in [0.15, 0.2) is 36.0 Å². The Kier molecular flexibility index (Phi) is 7.99. The number of nitrogens with one attached hydrogen (secondary N) is 2. The van der Waals surface area contributed by atoms with E-state index in [0.717, 1.165) is 29.0 Å². The van der Waals surface area contributed by atoms with Crippen LogP contribution in [-0.4, -0.2) is 30.5 Å². The Labute approximate surface area is 217 Å². The van der Waals surface area contributed by atoms with Gasteiger partial charge in [0.05, 0.1) is 10.8 Å². The van der Waals surface area contributed by atoms with E-state index in [0.29, 0.717) is 24.8 Å². The normalized spacial score (nSPS) is 20.4. The first-order valence-corrected chi connectivity index (χ1v) is 15.1. The summed E-state index contributed by atoms with van der Waals surface area (Å²) < 4.78 is 27.0. The summed E-state index contributed by atoms with van der Waals surface area (Å²) in [5, 5.41) is 3.20. The second-order valence-electron chi connectivity index (χ2n) is 10.2. The minimum Gasteiger partial charge on any atom is -0.340 e. The van der Waals surface area contributed by atoms with Crippen molar-refractivity contribution in [1.82, 2.24) is 15.0 Å². The smallest absolute Gasteiger partial charge is 0.270 e. The van der Waals surface area contributed by atoms with Crippen molar-refractivity contribution in [2.24, 2.45) is 0 Å². The molecular formula is C27H35N3O4S2. The molecule has 2 heterocycles. The molecule has 2 aromatic rings. The molecule has 2 aliphatic rings. The van der Waals surface area contributed by atoms with Crippen molar-refractivity contribution >= 4 is 38.7 Å². The highest BCUT2D eigenvalue weighted by Gasteiger charge is 2.44. The zero-order valence-corrected chi connectivity index (χ0v) is 22.9. The fraction of sp³-hybridized carbons (Fsp3) is 0.519. The zero-order chi connectivity index (χ0) is 25.9. The van der Waals surface area contributed by atoms with Gasteiger partial charge in [-0.3, -0.25) is 9.59 Å². The predicted molar refractivity (Wildman–Crippen MR) is 143 cm³/mol. The number of hydrogen-bond donors (Lipinski definition) is 2. The van der Waals surface area contributed by atoms with Crippen LogP contribution in [-0.2, 0) is 31.6 Å². The van der Waals surface area contributed by atoms with E-state index in [-0.39, 0.29) is 5.57 Å². The molecule has 0 radical (unpaired) electrons. The highest BCUT2D eigenvalue weighted by molar-refractivity contribution is 7.91. The van der Waals surface area contributed by atoms with Crippen LogP contribution in [0.4, 0.5) is 0 Å². The number of nitrogens with zero attached hydrogens (tertiary/aromatic N) is 1. The first-order chi connectivity index (χ1) is 17.1. The van der Waals surface area contributed by atoms with Crippen LogP contribution >= 0.6 is 11.3 Å². The number of sulfonamides is 1. The number of carbonyl (C=O) groups excluding carboxylic acids is 2. The molecule has 1 fully saturated rings. The van der Waals surface area contributed by atoms with Gasteiger partial charge < -0.3 is 5.32 Å². The van der Waals surface area contributed by atoms with Crippen molar-refractivity contribution in [3.63, 3.8) is 0 Å². The van der Waals surface area contributed by atoms with Gasteiger partial charge in [-0.05, 0) is 50.7 Å². The standard InChI is InChI=1S/C27H35N3O4S2/c1-4-5-6-7-8-9-20-17-28-26(35-20)27(3)16-22(19-12-10-18(2)11-13-19)23(24(31)29-27)25(32)30-36(33,34)21-14-15-21/h10-13,17,21H,4-9,14-16H2,1-3H3,(H,29,31)(H,30,32)/t27-/m1/s1. The lowest BCUT2D eigenvalue weighted by atomic mass is 9.82. The summed E-state index contributed by atoms with van der Waals surface area (Å²) in [6, 6.07) is 7.58. The third-order valence-electron chi connectivity index (χ3n) is 6.83. The molecule has 1 aliphatic carbocycles. The molecule has 1 aliphatic heterocycles. The minimum absolute atomic E-state index is 0.145. The molecule has 2 amide bonds. The van der Waals surface area contributed by atoms with Gasteiger partial charge in [0.15, 0.2) is 0 Å². The van der Waals surface area contributed by atoms with Gasteiger partial charge in [0, 0.05) is 17.5 Å². The van der Waals surface area contributed by atoms with Gasteiger partial charge in [0.25, 0.3) is 11.8 Å². The third-order valence-corrected chi connectivity index (χ3v) is 9.97. The van der Waals surface area contributed by atoms with Crippen LogP contribution in [0.2, 0.25) is 0 Å². The first kappa shape index (κ1) is 26.5. The molecule has 36 heavy (non-hydrogen) atoms. The Hall–Kier alpha value is -2.52. The lowest BCUT2D eigenvalue weighted by molar-refractivity contribution is -0.124. The molecular weight excluding hydrogens is 494 g/mol. The molecule has 0 unspecified atom stereocenters. The maximum Gasteiger partial charge on any atom is 0.270 e. The summed E-state index contributed by atoms with van der Waals surface area (Å²) in [7, 11) is -3.79. The molecule has 1 aromatic heterocycles. The maximum absolute atomic E-state index is 13.4. The predicted octanol–water partition coefficient (Wildman–Crippen LogP) is 4.76. The Morgan fingerprint density at radius 1 is 1.17 bits per heavy atom. The van der Waals surface area contributed by atoms with Crippen molar-refractivity contribution in [2.45, 2.75) is 89.3 Å². The molecule has 1 aromatic carbocycles. The highest BCUT2D eigenvalue weighted by atomic mass is 32.2. The fourth-order valence-corrected chi connectivity index (χ4v) is 6.87. The second-order valence-corrected chi connectivity index (χ2v) is 13.2. The summed E-state index contributed by atoms with van der Waals surface area (Å²) in [5.41, 5.74) is 1.35. The molecule has 0 bridgehead atoms. The summed E-state index contributed by atoms with van der Waals surface area (Å²) in [4.78, 5) is 32.3. The third kappa shape index (κ3) is 6.06. The molecule has 9 heteroatoms. The van der Waals surface area contributed by atoms with Crippen molar-refractivity contribution in [3.05, 3.63) is 57.0 Å². The summed E-state index contributed by atoms with van der Waals surface area (Å²) >= 11 is 1.59. The molecule has 1 saturated carbocycles. The van der Waals surface area contributed by atoms with Crippen molar-refractivity contribution < 1.29 is 18.0 Å². The van der Waals surface area contributed by atoms with Gasteiger partial charge in [-0.2, -0.15) is 0 Å². The van der Waals surface area contributed by atoms with Crippen LogP contribution in [0.3, 0.4) is 0 Å². The van der Waals surface area contributed by atoms with Crippen LogP contribution in [0.25, 0.3) is 5.57 Å². The number of amides is 2. The van der Waals surface area contributed by atoms with Crippen molar-refractivity contribution in [1.29, 1.82) is 0 Å². The van der Waals surface area contributed by atoms with Gasteiger partial charge in [-0.15, -0.1) is 11.3 Å². The van der Waals surface area contributed by atoms with E-state index in [9.17, 15) is 18.0 Å². The summed E-state index contributed by atoms with van der Waals surface area (Å²) in [5.74, 6) is -1.46. The minimum atomic E-state index is -3.79. The van der Waals surface area contributed by atoms with Gasteiger partial charge in [0.2, 0.25) is 10.0 Å².